The van der Waals surface area contributed by atoms with Crippen LogP contribution in [0, 0.1) is 0 Å². The number of hydrogen-bond donors (Lipinski definition) is 1. The van der Waals surface area contributed by atoms with E-state index in [-0.39, 0.29) is 17.0 Å². The molecule has 1 N–H and O–H groups in total. The highest BCUT2D eigenvalue weighted by Gasteiger charge is 2.42. The van der Waals surface area contributed by atoms with E-state index < -0.39 is 29.2 Å². The highest BCUT2D eigenvalue weighted by atomic mass is 32.1. The zero-order chi connectivity index (χ0) is 19.8. The van der Waals surface area contributed by atoms with E-state index >= 15 is 0 Å². The Labute approximate surface area is 157 Å². The van der Waals surface area contributed by atoms with Crippen molar-refractivity contribution in [3.8, 4) is 0 Å². The van der Waals surface area contributed by atoms with Crippen molar-refractivity contribution in [2.75, 3.05) is 11.6 Å². The molecule has 0 saturated heterocycles. The molecule has 0 aliphatic carbocycles. The highest BCUT2D eigenvalue weighted by molar-refractivity contribution is 7.14. The molecule has 2 aromatic rings. The first-order valence-corrected chi connectivity index (χ1v) is 9.01. The number of aliphatic hydroxyl groups is 1. The maximum Gasteiger partial charge on any atom is 0.425 e. The number of hydrazone groups is 1. The molecule has 0 radical (unpaired) electrons. The van der Waals surface area contributed by atoms with Crippen molar-refractivity contribution >= 4 is 28.7 Å². The van der Waals surface area contributed by atoms with Gasteiger partial charge in [-0.05, 0) is 37.6 Å². The van der Waals surface area contributed by atoms with Gasteiger partial charge >= 0.3 is 12.1 Å². The van der Waals surface area contributed by atoms with Gasteiger partial charge in [0.15, 0.2) is 6.23 Å². The molecule has 0 fully saturated rings. The SMILES string of the molecule is CCOC(=O)c1sc(C(F)(F)F)cc1C1C(C)=NN(c2ccccc2)C1O. The van der Waals surface area contributed by atoms with Crippen molar-refractivity contribution < 1.29 is 27.8 Å². The van der Waals surface area contributed by atoms with Gasteiger partial charge in [0.2, 0.25) is 0 Å². The molecule has 0 saturated carbocycles. The molecule has 2 heterocycles. The second kappa shape index (κ2) is 7.32. The van der Waals surface area contributed by atoms with Crippen molar-refractivity contribution in [2.24, 2.45) is 5.10 Å². The van der Waals surface area contributed by atoms with Crippen molar-refractivity contribution in [3.05, 3.63) is 51.7 Å². The lowest BCUT2D eigenvalue weighted by atomic mass is 9.93. The van der Waals surface area contributed by atoms with Crippen LogP contribution in [-0.2, 0) is 10.9 Å². The number of rotatable bonds is 4. The summed E-state index contributed by atoms with van der Waals surface area (Å²) in [5, 5.41) is 16.4. The summed E-state index contributed by atoms with van der Waals surface area (Å²) < 4.78 is 44.5. The van der Waals surface area contributed by atoms with Crippen LogP contribution in [0.5, 0.6) is 0 Å². The number of para-hydroxylation sites is 1. The van der Waals surface area contributed by atoms with Gasteiger partial charge in [0.25, 0.3) is 0 Å². The average Bonchev–Trinajstić information content (AvgIpc) is 3.17. The number of hydrogen-bond acceptors (Lipinski definition) is 6. The van der Waals surface area contributed by atoms with E-state index in [4.69, 9.17) is 4.74 Å². The minimum Gasteiger partial charge on any atom is -0.462 e. The highest BCUT2D eigenvalue weighted by Crippen LogP contribution is 2.43. The second-order valence-electron chi connectivity index (χ2n) is 5.93. The number of anilines is 1. The number of esters is 1. The van der Waals surface area contributed by atoms with E-state index in [1.54, 1.807) is 44.2 Å². The third-order valence-electron chi connectivity index (χ3n) is 4.12. The van der Waals surface area contributed by atoms with Gasteiger partial charge in [-0.3, -0.25) is 0 Å². The van der Waals surface area contributed by atoms with Crippen molar-refractivity contribution in [3.63, 3.8) is 0 Å². The standard InChI is InChI=1S/C18H17F3N2O3S/c1-3-26-17(25)15-12(9-13(27-15)18(19,20)21)14-10(2)22-23(16(14)24)11-7-5-4-6-8-11/h4-9,14,16,24H,3H2,1-2H3. The fourth-order valence-corrected chi connectivity index (χ4v) is 3.92. The maximum absolute atomic E-state index is 13.2. The summed E-state index contributed by atoms with van der Waals surface area (Å²) in [7, 11) is 0. The predicted octanol–water partition coefficient (Wildman–Crippen LogP) is 4.24. The Balaban J connectivity index is 2.04. The van der Waals surface area contributed by atoms with Crippen LogP contribution in [0.2, 0.25) is 0 Å². The Bertz CT molecular complexity index is 864. The number of benzene rings is 1. The number of aliphatic hydroxyl groups excluding tert-OH is 1. The van der Waals surface area contributed by atoms with E-state index in [1.807, 2.05) is 0 Å². The van der Waals surface area contributed by atoms with Crippen LogP contribution in [0.3, 0.4) is 0 Å². The Kier molecular flexibility index (Phi) is 5.25. The number of ether oxygens (including phenoxy) is 1. The minimum absolute atomic E-state index is 0.0357. The number of halogens is 3. The lowest BCUT2D eigenvalue weighted by molar-refractivity contribution is -0.134. The summed E-state index contributed by atoms with van der Waals surface area (Å²) >= 11 is 0.318. The first-order chi connectivity index (χ1) is 12.7. The van der Waals surface area contributed by atoms with Gasteiger partial charge in [-0.25, -0.2) is 9.80 Å². The molecule has 1 aromatic heterocycles. The monoisotopic (exact) mass is 398 g/mol. The molecule has 1 aliphatic heterocycles. The van der Waals surface area contributed by atoms with Gasteiger partial charge in [0, 0.05) is 5.71 Å². The zero-order valence-corrected chi connectivity index (χ0v) is 15.3. The number of carbonyl (C=O) groups is 1. The second-order valence-corrected chi connectivity index (χ2v) is 6.98. The Morgan fingerprint density at radius 1 is 1.33 bits per heavy atom. The molecular weight excluding hydrogens is 381 g/mol. The van der Waals surface area contributed by atoms with Crippen molar-refractivity contribution in [2.45, 2.75) is 32.2 Å². The molecule has 0 spiro atoms. The summed E-state index contributed by atoms with van der Waals surface area (Å²) in [6.07, 6.45) is -5.84. The van der Waals surface area contributed by atoms with E-state index in [0.29, 0.717) is 22.7 Å². The topological polar surface area (TPSA) is 62.1 Å². The first-order valence-electron chi connectivity index (χ1n) is 8.19. The molecule has 9 heteroatoms. The van der Waals surface area contributed by atoms with E-state index in [0.717, 1.165) is 6.07 Å². The molecule has 2 atom stereocenters. The van der Waals surface area contributed by atoms with Gasteiger partial charge in [0.05, 0.1) is 18.2 Å². The summed E-state index contributed by atoms with van der Waals surface area (Å²) in [6.45, 7) is 3.22. The van der Waals surface area contributed by atoms with E-state index in [9.17, 15) is 23.1 Å². The number of thiophene rings is 1. The van der Waals surface area contributed by atoms with Gasteiger partial charge in [0.1, 0.15) is 9.75 Å². The third kappa shape index (κ3) is 3.70. The third-order valence-corrected chi connectivity index (χ3v) is 5.30. The van der Waals surface area contributed by atoms with Crippen LogP contribution >= 0.6 is 11.3 Å². The summed E-state index contributed by atoms with van der Waals surface area (Å²) in [5.41, 5.74) is 1.07. The molecule has 2 unspecified atom stereocenters. The van der Waals surface area contributed by atoms with E-state index in [2.05, 4.69) is 5.10 Å². The molecule has 1 aliphatic rings. The van der Waals surface area contributed by atoms with Gasteiger partial charge in [-0.2, -0.15) is 18.3 Å². The fourth-order valence-electron chi connectivity index (χ4n) is 2.96. The molecule has 144 valence electrons. The van der Waals surface area contributed by atoms with Crippen LogP contribution in [-0.4, -0.2) is 29.6 Å². The summed E-state index contributed by atoms with van der Waals surface area (Å²) in [5.74, 6) is -1.72. The van der Waals surface area contributed by atoms with Crippen molar-refractivity contribution in [1.82, 2.24) is 0 Å². The largest absolute Gasteiger partial charge is 0.462 e. The molecule has 0 bridgehead atoms. The van der Waals surface area contributed by atoms with Gasteiger partial charge < -0.3 is 9.84 Å². The molecular formula is C18H17F3N2O3S. The molecule has 0 amide bonds. The average molecular weight is 398 g/mol. The predicted molar refractivity (Wildman–Crippen MR) is 96.1 cm³/mol. The zero-order valence-electron chi connectivity index (χ0n) is 14.5. The molecule has 1 aromatic carbocycles. The Hall–Kier alpha value is -2.39. The van der Waals surface area contributed by atoms with Crippen LogP contribution < -0.4 is 5.01 Å². The molecule has 3 rings (SSSR count). The first kappa shape index (κ1) is 19.4. The smallest absolute Gasteiger partial charge is 0.425 e. The van der Waals surface area contributed by atoms with E-state index in [1.165, 1.54) is 5.01 Å². The number of nitrogens with zero attached hydrogens (tertiary/aromatic N) is 2. The van der Waals surface area contributed by atoms with Crippen molar-refractivity contribution in [1.29, 1.82) is 0 Å². The lowest BCUT2D eigenvalue weighted by Gasteiger charge is -2.23. The van der Waals surface area contributed by atoms with Crippen LogP contribution in [0.1, 0.15) is 39.9 Å². The lowest BCUT2D eigenvalue weighted by Crippen LogP contribution is -2.32. The van der Waals surface area contributed by atoms with Crippen LogP contribution in [0.25, 0.3) is 0 Å². The quantitative estimate of drug-likeness (QED) is 0.783. The number of alkyl halides is 3. The fraction of sp³-hybridized carbons (Fsp3) is 0.333. The minimum atomic E-state index is -4.60. The number of carbonyl (C=O) groups excluding carboxylic acids is 1. The van der Waals surface area contributed by atoms with Gasteiger partial charge in [-0.1, -0.05) is 18.2 Å². The maximum atomic E-state index is 13.2. The Morgan fingerprint density at radius 2 is 2.00 bits per heavy atom. The summed E-state index contributed by atoms with van der Waals surface area (Å²) in [4.78, 5) is 11.1. The molecule has 5 nitrogen and oxygen atoms in total. The normalized spacial score (nSPS) is 19.9. The Morgan fingerprint density at radius 3 is 2.59 bits per heavy atom. The molecule has 27 heavy (non-hydrogen) atoms. The summed E-state index contributed by atoms with van der Waals surface area (Å²) in [6, 6.07) is 9.67. The van der Waals surface area contributed by atoms with Gasteiger partial charge in [-0.15, -0.1) is 11.3 Å². The van der Waals surface area contributed by atoms with Crippen LogP contribution in [0.4, 0.5) is 18.9 Å². The van der Waals surface area contributed by atoms with Crippen LogP contribution in [0.15, 0.2) is 41.5 Å².